The zero-order valence-corrected chi connectivity index (χ0v) is 13.6. The van der Waals surface area contributed by atoms with E-state index in [1.807, 2.05) is 11.4 Å². The van der Waals surface area contributed by atoms with Crippen molar-refractivity contribution in [1.82, 2.24) is 4.98 Å². The summed E-state index contributed by atoms with van der Waals surface area (Å²) >= 11 is 1.53. The lowest BCUT2D eigenvalue weighted by molar-refractivity contribution is 0.0697. The first-order valence-corrected chi connectivity index (χ1v) is 8.37. The Morgan fingerprint density at radius 2 is 1.80 bits per heavy atom. The fourth-order valence-electron chi connectivity index (χ4n) is 2.94. The first-order chi connectivity index (χ1) is 12.0. The minimum absolute atomic E-state index is 0.152. The number of aromatic nitrogens is 1. The third kappa shape index (κ3) is 2.85. The van der Waals surface area contributed by atoms with Gasteiger partial charge in [-0.05, 0) is 41.3 Å². The van der Waals surface area contributed by atoms with E-state index in [0.29, 0.717) is 16.8 Å². The van der Waals surface area contributed by atoms with Gasteiger partial charge < -0.3 is 5.11 Å². The summed E-state index contributed by atoms with van der Waals surface area (Å²) in [5.74, 6) is -2.29. The summed E-state index contributed by atoms with van der Waals surface area (Å²) in [6, 6.07) is 10.1. The van der Waals surface area contributed by atoms with Crippen molar-refractivity contribution in [1.29, 1.82) is 0 Å². The van der Waals surface area contributed by atoms with Crippen LogP contribution in [-0.2, 0) is 6.42 Å². The van der Waals surface area contributed by atoms with E-state index in [1.165, 1.54) is 29.5 Å². The van der Waals surface area contributed by atoms with E-state index in [0.717, 1.165) is 21.5 Å². The minimum atomic E-state index is -1.02. The van der Waals surface area contributed by atoms with Gasteiger partial charge in [0, 0.05) is 28.0 Å². The normalized spacial score (nSPS) is 11.3. The third-order valence-electron chi connectivity index (χ3n) is 4.01. The molecular formula is C19H11F2NO2S. The van der Waals surface area contributed by atoms with E-state index >= 15 is 0 Å². The summed E-state index contributed by atoms with van der Waals surface area (Å²) in [5.41, 5.74) is 1.85. The van der Waals surface area contributed by atoms with Gasteiger partial charge in [0.15, 0.2) is 0 Å². The average Bonchev–Trinajstić information content (AvgIpc) is 3.03. The monoisotopic (exact) mass is 355 g/mol. The zero-order chi connectivity index (χ0) is 17.6. The number of hydrogen-bond acceptors (Lipinski definition) is 3. The average molecular weight is 355 g/mol. The van der Waals surface area contributed by atoms with Gasteiger partial charge in [-0.25, -0.2) is 13.6 Å². The molecule has 6 heteroatoms. The van der Waals surface area contributed by atoms with Gasteiger partial charge in [0.25, 0.3) is 0 Å². The molecule has 0 aliphatic rings. The van der Waals surface area contributed by atoms with Gasteiger partial charge in [-0.1, -0.05) is 6.07 Å². The Morgan fingerprint density at radius 1 is 1.04 bits per heavy atom. The zero-order valence-electron chi connectivity index (χ0n) is 12.8. The number of rotatable bonds is 3. The maximum absolute atomic E-state index is 13.5. The number of nitrogens with zero attached hydrogens (tertiary/aromatic N) is 1. The number of aromatic carboxylic acids is 1. The fraction of sp³-hybridized carbons (Fsp3) is 0.0526. The molecule has 124 valence electrons. The molecule has 0 saturated heterocycles. The molecule has 0 unspecified atom stereocenters. The quantitative estimate of drug-likeness (QED) is 0.562. The van der Waals surface area contributed by atoms with Crippen LogP contribution in [0.3, 0.4) is 0 Å². The number of hydrogen-bond donors (Lipinski definition) is 1. The van der Waals surface area contributed by atoms with Crippen molar-refractivity contribution in [2.45, 2.75) is 6.42 Å². The first kappa shape index (κ1) is 15.7. The predicted molar refractivity (Wildman–Crippen MR) is 93.2 cm³/mol. The van der Waals surface area contributed by atoms with E-state index < -0.39 is 17.6 Å². The molecule has 0 saturated carbocycles. The summed E-state index contributed by atoms with van der Waals surface area (Å²) in [6.07, 6.45) is 0.259. The maximum atomic E-state index is 13.5. The molecule has 0 aliphatic heterocycles. The van der Waals surface area contributed by atoms with Gasteiger partial charge in [0.1, 0.15) is 11.6 Å². The highest BCUT2D eigenvalue weighted by Gasteiger charge is 2.13. The first-order valence-electron chi connectivity index (χ1n) is 7.49. The number of thiophene rings is 1. The molecule has 0 fully saturated rings. The van der Waals surface area contributed by atoms with Gasteiger partial charge in [-0.15, -0.1) is 11.3 Å². The molecule has 0 radical (unpaired) electrons. The lowest BCUT2D eigenvalue weighted by Gasteiger charge is -2.08. The van der Waals surface area contributed by atoms with Crippen LogP contribution in [0.15, 0.2) is 47.8 Å². The predicted octanol–water partition coefficient (Wildman–Crippen LogP) is 5.02. The molecule has 0 spiro atoms. The van der Waals surface area contributed by atoms with Crippen molar-refractivity contribution < 1.29 is 18.7 Å². The number of benzene rings is 2. The van der Waals surface area contributed by atoms with Crippen molar-refractivity contribution >= 4 is 38.3 Å². The number of carboxylic acids is 1. The van der Waals surface area contributed by atoms with Gasteiger partial charge in [-0.3, -0.25) is 4.98 Å². The SMILES string of the molecule is O=C(O)c1ccc2c(c1)nc(Cc1cc(F)cc(F)c1)c1ccsc12. The summed E-state index contributed by atoms with van der Waals surface area (Å²) in [7, 11) is 0. The van der Waals surface area contributed by atoms with Crippen LogP contribution in [0.5, 0.6) is 0 Å². The van der Waals surface area contributed by atoms with Crippen molar-refractivity contribution in [3.05, 3.63) is 76.3 Å². The van der Waals surface area contributed by atoms with E-state index in [2.05, 4.69) is 4.98 Å². The maximum Gasteiger partial charge on any atom is 0.335 e. The molecule has 4 aromatic rings. The van der Waals surface area contributed by atoms with E-state index in [4.69, 9.17) is 0 Å². The molecule has 0 aliphatic carbocycles. The minimum Gasteiger partial charge on any atom is -0.478 e. The van der Waals surface area contributed by atoms with Crippen molar-refractivity contribution in [3.8, 4) is 0 Å². The molecule has 3 nitrogen and oxygen atoms in total. The highest BCUT2D eigenvalue weighted by Crippen LogP contribution is 2.32. The number of pyridine rings is 1. The highest BCUT2D eigenvalue weighted by atomic mass is 32.1. The number of carboxylic acid groups (broad SMARTS) is 1. The second-order valence-corrected chi connectivity index (χ2v) is 6.63. The lowest BCUT2D eigenvalue weighted by Crippen LogP contribution is -1.99. The Labute approximate surface area is 145 Å². The Morgan fingerprint density at radius 3 is 2.52 bits per heavy atom. The fourth-order valence-corrected chi connectivity index (χ4v) is 3.89. The standard InChI is InChI=1S/C19H11F2NO2S/c20-12-5-10(6-13(21)9-12)7-16-15-3-4-25-18(15)14-2-1-11(19(23)24)8-17(14)22-16/h1-6,8-9H,7H2,(H,23,24). The van der Waals surface area contributed by atoms with E-state index in [-0.39, 0.29) is 12.0 Å². The molecule has 4 rings (SSSR count). The summed E-state index contributed by atoms with van der Waals surface area (Å²) < 4.78 is 27.9. The van der Waals surface area contributed by atoms with Gasteiger partial charge in [0.2, 0.25) is 0 Å². The summed E-state index contributed by atoms with van der Waals surface area (Å²) in [5, 5.41) is 12.9. The second-order valence-electron chi connectivity index (χ2n) is 5.71. The Kier molecular flexibility index (Phi) is 3.69. The number of halogens is 2. The van der Waals surface area contributed by atoms with Crippen LogP contribution >= 0.6 is 11.3 Å². The third-order valence-corrected chi connectivity index (χ3v) is 4.96. The van der Waals surface area contributed by atoms with Crippen molar-refractivity contribution in [2.24, 2.45) is 0 Å². The van der Waals surface area contributed by atoms with Crippen LogP contribution in [0.1, 0.15) is 21.6 Å². The topological polar surface area (TPSA) is 50.2 Å². The van der Waals surface area contributed by atoms with Gasteiger partial charge in [0.05, 0.1) is 16.8 Å². The Bertz CT molecular complexity index is 1120. The van der Waals surface area contributed by atoms with Crippen LogP contribution in [-0.4, -0.2) is 16.1 Å². The molecule has 2 heterocycles. The van der Waals surface area contributed by atoms with Crippen molar-refractivity contribution in [2.75, 3.05) is 0 Å². The number of carbonyl (C=O) groups is 1. The molecule has 0 bridgehead atoms. The molecule has 2 aromatic carbocycles. The van der Waals surface area contributed by atoms with Crippen LogP contribution in [0.2, 0.25) is 0 Å². The molecule has 2 aromatic heterocycles. The summed E-state index contributed by atoms with van der Waals surface area (Å²) in [4.78, 5) is 15.8. The van der Waals surface area contributed by atoms with E-state index in [1.54, 1.807) is 12.1 Å². The molecule has 1 N–H and O–H groups in total. The van der Waals surface area contributed by atoms with Gasteiger partial charge in [-0.2, -0.15) is 0 Å². The van der Waals surface area contributed by atoms with Crippen LogP contribution in [0, 0.1) is 11.6 Å². The Balaban J connectivity index is 1.91. The highest BCUT2D eigenvalue weighted by molar-refractivity contribution is 7.18. The molecular weight excluding hydrogens is 344 g/mol. The van der Waals surface area contributed by atoms with Crippen LogP contribution in [0.25, 0.3) is 21.0 Å². The van der Waals surface area contributed by atoms with Crippen LogP contribution < -0.4 is 0 Å². The van der Waals surface area contributed by atoms with Crippen LogP contribution in [0.4, 0.5) is 8.78 Å². The second kappa shape index (κ2) is 5.89. The van der Waals surface area contributed by atoms with Crippen molar-refractivity contribution in [3.63, 3.8) is 0 Å². The molecule has 0 amide bonds. The Hall–Kier alpha value is -2.86. The summed E-state index contributed by atoms with van der Waals surface area (Å²) in [6.45, 7) is 0. The lowest BCUT2D eigenvalue weighted by atomic mass is 10.0. The smallest absolute Gasteiger partial charge is 0.335 e. The number of fused-ring (bicyclic) bond motifs is 3. The largest absolute Gasteiger partial charge is 0.478 e. The molecule has 0 atom stereocenters. The van der Waals surface area contributed by atoms with E-state index in [9.17, 15) is 18.7 Å². The molecule has 25 heavy (non-hydrogen) atoms. The van der Waals surface area contributed by atoms with Gasteiger partial charge >= 0.3 is 5.97 Å².